The molecule has 2 N–H and O–H groups in total. The van der Waals surface area contributed by atoms with Crippen molar-refractivity contribution in [3.05, 3.63) is 29.8 Å². The number of sulfonamides is 1. The third-order valence-corrected chi connectivity index (χ3v) is 8.95. The summed E-state index contributed by atoms with van der Waals surface area (Å²) in [6, 6.07) is 8.27. The number of para-hydroxylation sites is 1. The van der Waals surface area contributed by atoms with E-state index in [1.165, 1.54) is 5.56 Å². The van der Waals surface area contributed by atoms with Gasteiger partial charge in [-0.1, -0.05) is 18.2 Å². The molecule has 0 spiro atoms. The second-order valence-corrected chi connectivity index (χ2v) is 11.2. The minimum absolute atomic E-state index is 0.0113. The molecule has 4 rings (SSSR count). The van der Waals surface area contributed by atoms with Crippen molar-refractivity contribution in [2.45, 2.75) is 81.2 Å². The lowest BCUT2D eigenvalue weighted by Gasteiger charge is -2.35. The number of hydrogen-bond acceptors (Lipinski definition) is 6. The van der Waals surface area contributed by atoms with Crippen molar-refractivity contribution >= 4 is 10.0 Å². The lowest BCUT2D eigenvalue weighted by Crippen LogP contribution is -2.57. The van der Waals surface area contributed by atoms with E-state index in [1.807, 2.05) is 13.0 Å². The highest BCUT2D eigenvalue weighted by atomic mass is 32.2. The SMILES string of the molecule is CCOc1ccccc1C1CCC(OC[C@@H]2NCCC[C@@H]2NS(=O)(=O)[C@@H]2CCOC2)CC1. The first-order valence-corrected chi connectivity index (χ1v) is 13.8. The molecule has 8 heteroatoms. The van der Waals surface area contributed by atoms with Crippen molar-refractivity contribution in [3.63, 3.8) is 0 Å². The van der Waals surface area contributed by atoms with E-state index in [1.54, 1.807) is 0 Å². The Labute approximate surface area is 192 Å². The summed E-state index contributed by atoms with van der Waals surface area (Å²) in [6.07, 6.45) is 6.84. The molecule has 2 aliphatic heterocycles. The molecule has 3 aliphatic rings. The molecule has 0 bridgehead atoms. The molecule has 2 heterocycles. The Kier molecular flexibility index (Phi) is 8.45. The molecule has 0 radical (unpaired) electrons. The van der Waals surface area contributed by atoms with Gasteiger partial charge >= 0.3 is 0 Å². The average Bonchev–Trinajstić information content (AvgIpc) is 3.36. The number of rotatable bonds is 9. The maximum absolute atomic E-state index is 12.7. The zero-order valence-electron chi connectivity index (χ0n) is 19.1. The molecule has 1 aliphatic carbocycles. The van der Waals surface area contributed by atoms with Gasteiger partial charge in [0.2, 0.25) is 10.0 Å². The molecule has 1 aromatic rings. The van der Waals surface area contributed by atoms with Gasteiger partial charge in [-0.3, -0.25) is 0 Å². The van der Waals surface area contributed by atoms with Gasteiger partial charge in [-0.15, -0.1) is 0 Å². The van der Waals surface area contributed by atoms with Crippen LogP contribution in [0.15, 0.2) is 24.3 Å². The first-order chi connectivity index (χ1) is 15.6. The van der Waals surface area contributed by atoms with Crippen LogP contribution in [-0.4, -0.2) is 64.8 Å². The molecular weight excluding hydrogens is 428 g/mol. The molecule has 3 atom stereocenters. The quantitative estimate of drug-likeness (QED) is 0.582. The fourth-order valence-corrected chi connectivity index (χ4v) is 6.80. The standard InChI is InChI=1S/C24H38N2O5S/c1-2-30-24-8-4-3-6-21(24)18-9-11-19(12-10-18)31-17-23-22(7-5-14-25-23)26-32(27,28)20-13-15-29-16-20/h3-4,6,8,18-20,22-23,25-26H,2,5,7,9-17H2,1H3/t18?,19?,20-,22+,23+/m1/s1. The molecule has 7 nitrogen and oxygen atoms in total. The maximum Gasteiger partial charge on any atom is 0.217 e. The Balaban J connectivity index is 1.27. The van der Waals surface area contributed by atoms with Crippen molar-refractivity contribution < 1.29 is 22.6 Å². The fourth-order valence-electron chi connectivity index (χ4n) is 5.22. The van der Waals surface area contributed by atoms with E-state index in [0.717, 1.165) is 50.8 Å². The number of ether oxygens (including phenoxy) is 3. The summed E-state index contributed by atoms with van der Waals surface area (Å²) in [4.78, 5) is 0. The Morgan fingerprint density at radius 2 is 1.94 bits per heavy atom. The molecule has 180 valence electrons. The summed E-state index contributed by atoms with van der Waals surface area (Å²) in [5, 5.41) is 3.05. The molecule has 1 saturated carbocycles. The predicted octanol–water partition coefficient (Wildman–Crippen LogP) is 2.96. The van der Waals surface area contributed by atoms with Crippen molar-refractivity contribution in [1.82, 2.24) is 10.0 Å². The van der Waals surface area contributed by atoms with E-state index in [4.69, 9.17) is 14.2 Å². The van der Waals surface area contributed by atoms with Crippen LogP contribution in [0.1, 0.15) is 63.4 Å². The van der Waals surface area contributed by atoms with Gasteiger partial charge in [0.25, 0.3) is 0 Å². The summed E-state index contributed by atoms with van der Waals surface area (Å²) < 4.78 is 45.8. The summed E-state index contributed by atoms with van der Waals surface area (Å²) in [5.74, 6) is 1.52. The van der Waals surface area contributed by atoms with Crippen LogP contribution in [0.3, 0.4) is 0 Å². The molecular formula is C24H38N2O5S. The Bertz CT molecular complexity index is 819. The van der Waals surface area contributed by atoms with E-state index in [-0.39, 0.29) is 18.2 Å². The third-order valence-electron chi connectivity index (χ3n) is 7.07. The minimum atomic E-state index is -3.36. The molecule has 1 aromatic carbocycles. The van der Waals surface area contributed by atoms with Crippen LogP contribution in [0.25, 0.3) is 0 Å². The van der Waals surface area contributed by atoms with Crippen LogP contribution < -0.4 is 14.8 Å². The molecule has 32 heavy (non-hydrogen) atoms. The Morgan fingerprint density at radius 3 is 2.69 bits per heavy atom. The molecule has 3 fully saturated rings. The normalized spacial score (nSPS) is 31.5. The Hall–Kier alpha value is -1.19. The molecule has 0 unspecified atom stereocenters. The van der Waals surface area contributed by atoms with Gasteiger partial charge in [-0.2, -0.15) is 0 Å². The second-order valence-electron chi connectivity index (χ2n) is 9.24. The van der Waals surface area contributed by atoms with E-state index in [0.29, 0.717) is 38.8 Å². The lowest BCUT2D eigenvalue weighted by molar-refractivity contribution is 0.00508. The van der Waals surface area contributed by atoms with Crippen LogP contribution in [0, 0.1) is 0 Å². The van der Waals surface area contributed by atoms with Crippen LogP contribution >= 0.6 is 0 Å². The van der Waals surface area contributed by atoms with Gasteiger partial charge < -0.3 is 19.5 Å². The number of benzene rings is 1. The van der Waals surface area contributed by atoms with Crippen molar-refractivity contribution in [2.75, 3.05) is 33.0 Å². The minimum Gasteiger partial charge on any atom is -0.494 e. The van der Waals surface area contributed by atoms with Gasteiger partial charge in [-0.05, 0) is 76.0 Å². The highest BCUT2D eigenvalue weighted by Gasteiger charge is 2.35. The third kappa shape index (κ3) is 6.03. The fraction of sp³-hybridized carbons (Fsp3) is 0.750. The van der Waals surface area contributed by atoms with E-state index in [2.05, 4.69) is 28.2 Å². The largest absolute Gasteiger partial charge is 0.494 e. The van der Waals surface area contributed by atoms with Crippen molar-refractivity contribution in [2.24, 2.45) is 0 Å². The van der Waals surface area contributed by atoms with E-state index >= 15 is 0 Å². The van der Waals surface area contributed by atoms with Gasteiger partial charge in [0.05, 0.1) is 25.9 Å². The van der Waals surface area contributed by atoms with Crippen LogP contribution in [0.2, 0.25) is 0 Å². The monoisotopic (exact) mass is 466 g/mol. The molecule has 0 aromatic heterocycles. The molecule has 2 saturated heterocycles. The summed E-state index contributed by atoms with van der Waals surface area (Å²) in [7, 11) is -3.36. The zero-order chi connectivity index (χ0) is 22.4. The second kappa shape index (κ2) is 11.3. The first-order valence-electron chi connectivity index (χ1n) is 12.2. The van der Waals surface area contributed by atoms with Crippen LogP contribution in [-0.2, 0) is 19.5 Å². The van der Waals surface area contributed by atoms with Gasteiger partial charge in [-0.25, -0.2) is 13.1 Å². The number of piperidine rings is 1. The smallest absolute Gasteiger partial charge is 0.217 e. The van der Waals surface area contributed by atoms with Gasteiger partial charge in [0.1, 0.15) is 11.0 Å². The average molecular weight is 467 g/mol. The van der Waals surface area contributed by atoms with Gasteiger partial charge in [0.15, 0.2) is 0 Å². The van der Waals surface area contributed by atoms with Crippen molar-refractivity contribution in [3.8, 4) is 5.75 Å². The molecule has 0 amide bonds. The van der Waals surface area contributed by atoms with E-state index in [9.17, 15) is 8.42 Å². The Morgan fingerprint density at radius 1 is 1.12 bits per heavy atom. The first kappa shape index (κ1) is 24.0. The summed E-state index contributed by atoms with van der Waals surface area (Å²) in [6.45, 7) is 4.97. The lowest BCUT2D eigenvalue weighted by atomic mass is 9.82. The van der Waals surface area contributed by atoms with Crippen LogP contribution in [0.4, 0.5) is 0 Å². The highest BCUT2D eigenvalue weighted by Crippen LogP contribution is 2.38. The number of nitrogens with one attached hydrogen (secondary N) is 2. The zero-order valence-corrected chi connectivity index (χ0v) is 19.9. The summed E-state index contributed by atoms with van der Waals surface area (Å²) >= 11 is 0. The van der Waals surface area contributed by atoms with Gasteiger partial charge in [0, 0.05) is 18.7 Å². The predicted molar refractivity (Wildman–Crippen MR) is 125 cm³/mol. The van der Waals surface area contributed by atoms with Crippen LogP contribution in [0.5, 0.6) is 5.75 Å². The maximum atomic E-state index is 12.7. The number of hydrogen-bond donors (Lipinski definition) is 2. The van der Waals surface area contributed by atoms with Crippen molar-refractivity contribution in [1.29, 1.82) is 0 Å². The summed E-state index contributed by atoms with van der Waals surface area (Å²) in [5.41, 5.74) is 1.31. The van der Waals surface area contributed by atoms with E-state index < -0.39 is 15.3 Å². The topological polar surface area (TPSA) is 85.9 Å². The highest BCUT2D eigenvalue weighted by molar-refractivity contribution is 7.90.